The summed E-state index contributed by atoms with van der Waals surface area (Å²) in [7, 11) is 0. The maximum absolute atomic E-state index is 11.9. The van der Waals surface area contributed by atoms with Crippen molar-refractivity contribution in [2.75, 3.05) is 13.1 Å². The number of nitrogens with zero attached hydrogens (tertiary/aromatic N) is 1. The van der Waals surface area contributed by atoms with E-state index in [4.69, 9.17) is 6.42 Å². The van der Waals surface area contributed by atoms with Crippen LogP contribution in [0.25, 0.3) is 0 Å². The first kappa shape index (κ1) is 13.1. The van der Waals surface area contributed by atoms with E-state index in [1.807, 2.05) is 4.90 Å². The Kier molecular flexibility index (Phi) is 5.34. The van der Waals surface area contributed by atoms with Gasteiger partial charge in [-0.15, -0.1) is 12.3 Å². The molecule has 1 atom stereocenters. The van der Waals surface area contributed by atoms with Gasteiger partial charge in [-0.3, -0.25) is 4.79 Å². The number of likely N-dealkylation sites (tertiary alicyclic amines) is 1. The highest BCUT2D eigenvalue weighted by atomic mass is 16.2. The van der Waals surface area contributed by atoms with E-state index < -0.39 is 0 Å². The molecule has 0 saturated carbocycles. The molecule has 90 valence electrons. The summed E-state index contributed by atoms with van der Waals surface area (Å²) in [6, 6.07) is 0.406. The lowest BCUT2D eigenvalue weighted by atomic mass is 10.2. The van der Waals surface area contributed by atoms with Gasteiger partial charge in [0, 0.05) is 25.6 Å². The monoisotopic (exact) mass is 222 g/mol. The summed E-state index contributed by atoms with van der Waals surface area (Å²) in [5.74, 6) is 2.88. The molecular formula is C13H22N2O. The molecule has 3 heteroatoms. The van der Waals surface area contributed by atoms with Crippen molar-refractivity contribution in [1.82, 2.24) is 10.2 Å². The Morgan fingerprint density at radius 2 is 2.31 bits per heavy atom. The fourth-order valence-electron chi connectivity index (χ4n) is 2.05. The van der Waals surface area contributed by atoms with E-state index in [2.05, 4.69) is 25.1 Å². The van der Waals surface area contributed by atoms with Gasteiger partial charge in [-0.05, 0) is 19.3 Å². The molecule has 1 amide bonds. The summed E-state index contributed by atoms with van der Waals surface area (Å²) < 4.78 is 0. The molecule has 0 aromatic heterocycles. The molecule has 16 heavy (non-hydrogen) atoms. The highest BCUT2D eigenvalue weighted by molar-refractivity contribution is 5.83. The minimum Gasteiger partial charge on any atom is -0.341 e. The molecule has 0 radical (unpaired) electrons. The lowest BCUT2D eigenvalue weighted by Crippen LogP contribution is -2.41. The average Bonchev–Trinajstić information content (AvgIpc) is 2.56. The van der Waals surface area contributed by atoms with E-state index in [1.165, 1.54) is 0 Å². The molecular weight excluding hydrogens is 200 g/mol. The van der Waals surface area contributed by atoms with Crippen LogP contribution in [0.3, 0.4) is 0 Å². The van der Waals surface area contributed by atoms with E-state index in [-0.39, 0.29) is 11.9 Å². The summed E-state index contributed by atoms with van der Waals surface area (Å²) in [6.07, 6.45) is 8.97. The molecule has 1 aliphatic heterocycles. The van der Waals surface area contributed by atoms with E-state index >= 15 is 0 Å². The number of hydrogen-bond acceptors (Lipinski definition) is 2. The Labute approximate surface area is 98.6 Å². The number of carbonyl (C=O) groups excluding carboxylic acids is 1. The molecule has 0 aromatic rings. The van der Waals surface area contributed by atoms with Gasteiger partial charge in [-0.2, -0.15) is 0 Å². The smallest absolute Gasteiger partial charge is 0.239 e. The summed E-state index contributed by atoms with van der Waals surface area (Å²) in [5.41, 5.74) is 0. The number of unbranched alkanes of at least 4 members (excludes halogenated alkanes) is 2. The van der Waals surface area contributed by atoms with E-state index in [0.717, 1.165) is 38.8 Å². The zero-order valence-corrected chi connectivity index (χ0v) is 10.3. The van der Waals surface area contributed by atoms with Crippen molar-refractivity contribution >= 4 is 5.91 Å². The van der Waals surface area contributed by atoms with Crippen LogP contribution in [0, 0.1) is 12.3 Å². The first-order chi connectivity index (χ1) is 7.65. The average molecular weight is 222 g/mol. The van der Waals surface area contributed by atoms with Gasteiger partial charge in [0.05, 0.1) is 6.04 Å². The number of hydrogen-bond donors (Lipinski definition) is 1. The third-order valence-corrected chi connectivity index (χ3v) is 2.83. The minimum absolute atomic E-state index is 0.0348. The van der Waals surface area contributed by atoms with Crippen LogP contribution in [0.5, 0.6) is 0 Å². The number of terminal acetylenes is 1. The molecule has 1 saturated heterocycles. The summed E-state index contributed by atoms with van der Waals surface area (Å²) in [4.78, 5) is 13.9. The van der Waals surface area contributed by atoms with Crippen LogP contribution in [0.15, 0.2) is 0 Å². The standard InChI is InChI=1S/C13H22N2O/c1-4-5-6-7-9-15-10-8-12(13(15)16)14-11(2)3/h1,11-12,14H,5-10H2,2-3H3. The molecule has 1 rings (SSSR count). The lowest BCUT2D eigenvalue weighted by molar-refractivity contribution is -0.129. The predicted octanol–water partition coefficient (Wildman–Crippen LogP) is 1.39. The van der Waals surface area contributed by atoms with E-state index in [0.29, 0.717) is 6.04 Å². The summed E-state index contributed by atoms with van der Waals surface area (Å²) >= 11 is 0. The Morgan fingerprint density at radius 1 is 1.56 bits per heavy atom. The molecule has 0 aliphatic carbocycles. The van der Waals surface area contributed by atoms with Gasteiger partial charge in [0.15, 0.2) is 0 Å². The van der Waals surface area contributed by atoms with Crippen LogP contribution in [-0.2, 0) is 4.79 Å². The Bertz CT molecular complexity index is 268. The van der Waals surface area contributed by atoms with Gasteiger partial charge >= 0.3 is 0 Å². The maximum atomic E-state index is 11.9. The van der Waals surface area contributed by atoms with Crippen molar-refractivity contribution in [1.29, 1.82) is 0 Å². The Morgan fingerprint density at radius 3 is 2.94 bits per heavy atom. The van der Waals surface area contributed by atoms with Crippen LogP contribution in [0.2, 0.25) is 0 Å². The second kappa shape index (κ2) is 6.55. The van der Waals surface area contributed by atoms with Crippen molar-refractivity contribution in [3.63, 3.8) is 0 Å². The third-order valence-electron chi connectivity index (χ3n) is 2.83. The number of nitrogens with one attached hydrogen (secondary N) is 1. The summed E-state index contributed by atoms with van der Waals surface area (Å²) in [5, 5.41) is 3.30. The van der Waals surface area contributed by atoms with Crippen molar-refractivity contribution in [3.8, 4) is 12.3 Å². The largest absolute Gasteiger partial charge is 0.341 e. The maximum Gasteiger partial charge on any atom is 0.239 e. The zero-order chi connectivity index (χ0) is 12.0. The fourth-order valence-corrected chi connectivity index (χ4v) is 2.05. The van der Waals surface area contributed by atoms with Gasteiger partial charge in [0.1, 0.15) is 0 Å². The zero-order valence-electron chi connectivity index (χ0n) is 10.3. The molecule has 3 nitrogen and oxygen atoms in total. The summed E-state index contributed by atoms with van der Waals surface area (Å²) in [6.45, 7) is 5.89. The fraction of sp³-hybridized carbons (Fsp3) is 0.769. The molecule has 1 fully saturated rings. The highest BCUT2D eigenvalue weighted by Crippen LogP contribution is 2.13. The van der Waals surface area contributed by atoms with Gasteiger partial charge in [-0.25, -0.2) is 0 Å². The molecule has 0 bridgehead atoms. The molecule has 0 aromatic carbocycles. The van der Waals surface area contributed by atoms with Crippen molar-refractivity contribution in [3.05, 3.63) is 0 Å². The van der Waals surface area contributed by atoms with E-state index in [1.54, 1.807) is 0 Å². The minimum atomic E-state index is 0.0348. The van der Waals surface area contributed by atoms with Gasteiger partial charge in [0.25, 0.3) is 0 Å². The van der Waals surface area contributed by atoms with Crippen LogP contribution in [0.1, 0.15) is 39.5 Å². The molecule has 1 N–H and O–H groups in total. The van der Waals surface area contributed by atoms with Crippen LogP contribution >= 0.6 is 0 Å². The topological polar surface area (TPSA) is 32.3 Å². The SMILES string of the molecule is C#CCCCCN1CCC(NC(C)C)C1=O. The van der Waals surface area contributed by atoms with Gasteiger partial charge < -0.3 is 10.2 Å². The van der Waals surface area contributed by atoms with Crippen molar-refractivity contribution < 1.29 is 4.79 Å². The molecule has 1 unspecified atom stereocenters. The van der Waals surface area contributed by atoms with E-state index in [9.17, 15) is 4.79 Å². The van der Waals surface area contributed by atoms with Crippen molar-refractivity contribution in [2.45, 2.75) is 51.6 Å². The van der Waals surface area contributed by atoms with Crippen LogP contribution in [-0.4, -0.2) is 36.0 Å². The van der Waals surface area contributed by atoms with Crippen LogP contribution < -0.4 is 5.32 Å². The second-order valence-corrected chi connectivity index (χ2v) is 4.65. The number of amides is 1. The Balaban J connectivity index is 2.25. The first-order valence-corrected chi connectivity index (χ1v) is 6.13. The second-order valence-electron chi connectivity index (χ2n) is 4.65. The normalized spacial score (nSPS) is 20.5. The van der Waals surface area contributed by atoms with Crippen molar-refractivity contribution in [2.24, 2.45) is 0 Å². The molecule has 1 aliphatic rings. The lowest BCUT2D eigenvalue weighted by Gasteiger charge is -2.18. The number of rotatable bonds is 6. The Hall–Kier alpha value is -1.01. The first-order valence-electron chi connectivity index (χ1n) is 6.13. The molecule has 1 heterocycles. The van der Waals surface area contributed by atoms with Gasteiger partial charge in [-0.1, -0.05) is 13.8 Å². The number of carbonyl (C=O) groups is 1. The molecule has 0 spiro atoms. The predicted molar refractivity (Wildman–Crippen MR) is 65.9 cm³/mol. The highest BCUT2D eigenvalue weighted by Gasteiger charge is 2.30. The quantitative estimate of drug-likeness (QED) is 0.544. The van der Waals surface area contributed by atoms with Gasteiger partial charge in [0.2, 0.25) is 5.91 Å². The third kappa shape index (κ3) is 3.86. The van der Waals surface area contributed by atoms with Crippen LogP contribution in [0.4, 0.5) is 0 Å².